The first-order valence-electron chi connectivity index (χ1n) is 6.29. The van der Waals surface area contributed by atoms with Gasteiger partial charge >= 0.3 is 0 Å². The van der Waals surface area contributed by atoms with E-state index in [0.29, 0.717) is 5.56 Å². The molecule has 0 fully saturated rings. The van der Waals surface area contributed by atoms with Gasteiger partial charge < -0.3 is 5.73 Å². The summed E-state index contributed by atoms with van der Waals surface area (Å²) in [4.78, 5) is 0. The molecule has 0 heterocycles. The highest BCUT2D eigenvalue weighted by Crippen LogP contribution is 2.38. The minimum absolute atomic E-state index is 0.494. The molecule has 19 heavy (non-hydrogen) atoms. The number of rotatable bonds is 2. The molecule has 0 saturated carbocycles. The number of nitrogens with two attached hydrogens (primary N) is 1. The molecule has 0 amide bonds. The van der Waals surface area contributed by atoms with E-state index >= 15 is 0 Å². The Kier molecular flexibility index (Phi) is 2.68. The Balaban J connectivity index is 2.07. The van der Waals surface area contributed by atoms with Crippen LogP contribution in [0.5, 0.6) is 0 Å². The monoisotopic (exact) mass is 259 g/mol. The van der Waals surface area contributed by atoms with Crippen LogP contribution in [0.15, 0.2) is 42.5 Å². The average Bonchev–Trinajstić information content (AvgIpc) is 2.75. The van der Waals surface area contributed by atoms with Gasteiger partial charge in [-0.05, 0) is 41.2 Å². The third-order valence-corrected chi connectivity index (χ3v) is 3.87. The van der Waals surface area contributed by atoms with Crippen molar-refractivity contribution in [3.8, 4) is 11.1 Å². The van der Waals surface area contributed by atoms with Crippen LogP contribution in [0.1, 0.15) is 23.6 Å². The zero-order valence-electron chi connectivity index (χ0n) is 10.7. The summed E-state index contributed by atoms with van der Waals surface area (Å²) in [6.45, 7) is 1.38. The first-order chi connectivity index (χ1) is 9.00. The molecule has 1 aliphatic carbocycles. The normalized spacial score (nSPS) is 16.1. The van der Waals surface area contributed by atoms with Crippen molar-refractivity contribution in [2.45, 2.75) is 25.3 Å². The van der Waals surface area contributed by atoms with E-state index in [-0.39, 0.29) is 0 Å². The molecular formula is C16H15F2N. The van der Waals surface area contributed by atoms with Crippen LogP contribution in [0.2, 0.25) is 0 Å². The van der Waals surface area contributed by atoms with Crippen LogP contribution in [0.25, 0.3) is 11.1 Å². The average molecular weight is 259 g/mol. The highest BCUT2D eigenvalue weighted by atomic mass is 19.3. The zero-order valence-corrected chi connectivity index (χ0v) is 10.7. The number of benzene rings is 2. The Morgan fingerprint density at radius 1 is 1.05 bits per heavy atom. The van der Waals surface area contributed by atoms with Gasteiger partial charge in [-0.15, -0.1) is 0 Å². The molecule has 1 atom stereocenters. The van der Waals surface area contributed by atoms with Crippen LogP contribution in [0.3, 0.4) is 0 Å². The van der Waals surface area contributed by atoms with E-state index in [2.05, 4.69) is 12.1 Å². The smallest absolute Gasteiger partial charge is 0.260 e. The van der Waals surface area contributed by atoms with Gasteiger partial charge in [-0.3, -0.25) is 0 Å². The van der Waals surface area contributed by atoms with Gasteiger partial charge in [0.25, 0.3) is 6.43 Å². The maximum atomic E-state index is 13.0. The molecule has 0 aromatic heterocycles. The Bertz CT molecular complexity index is 632. The Labute approximate surface area is 111 Å². The lowest BCUT2D eigenvalue weighted by atomic mass is 9.90. The molecule has 1 nitrogen and oxygen atoms in total. The highest BCUT2D eigenvalue weighted by Gasteiger charge is 2.33. The minimum Gasteiger partial charge on any atom is -0.317 e. The van der Waals surface area contributed by atoms with Crippen molar-refractivity contribution in [3.05, 3.63) is 59.2 Å². The predicted molar refractivity (Wildman–Crippen MR) is 72.2 cm³/mol. The summed E-state index contributed by atoms with van der Waals surface area (Å²) in [6, 6.07) is 13.6. The number of hydrogen-bond acceptors (Lipinski definition) is 1. The van der Waals surface area contributed by atoms with Crippen molar-refractivity contribution in [1.29, 1.82) is 0 Å². The summed E-state index contributed by atoms with van der Waals surface area (Å²) in [5.41, 5.74) is 9.28. The van der Waals surface area contributed by atoms with Crippen LogP contribution >= 0.6 is 0 Å². The van der Waals surface area contributed by atoms with Crippen molar-refractivity contribution in [2.75, 3.05) is 0 Å². The molecule has 1 aliphatic rings. The van der Waals surface area contributed by atoms with Crippen LogP contribution in [0.4, 0.5) is 8.78 Å². The molecule has 2 N–H and O–H groups in total. The lowest BCUT2D eigenvalue weighted by Crippen LogP contribution is -2.40. The number of alkyl halides is 2. The van der Waals surface area contributed by atoms with E-state index in [9.17, 15) is 8.78 Å². The predicted octanol–water partition coefficient (Wildman–Crippen LogP) is 3.70. The van der Waals surface area contributed by atoms with E-state index < -0.39 is 12.0 Å². The van der Waals surface area contributed by atoms with Gasteiger partial charge in [-0.25, -0.2) is 8.78 Å². The van der Waals surface area contributed by atoms with Gasteiger partial charge in [0.05, 0.1) is 5.54 Å². The molecule has 1 unspecified atom stereocenters. The number of halogens is 2. The van der Waals surface area contributed by atoms with Gasteiger partial charge in [-0.1, -0.05) is 42.5 Å². The SMILES string of the molecule is CC(N)(c1ccc2c(c1)Cc1ccccc1-2)C(F)F. The molecule has 0 bridgehead atoms. The van der Waals surface area contributed by atoms with Crippen molar-refractivity contribution in [1.82, 2.24) is 0 Å². The summed E-state index contributed by atoms with van der Waals surface area (Å²) >= 11 is 0. The third kappa shape index (κ3) is 1.85. The first kappa shape index (κ1) is 12.3. The second-order valence-electron chi connectivity index (χ2n) is 5.29. The van der Waals surface area contributed by atoms with Crippen molar-refractivity contribution < 1.29 is 8.78 Å². The molecule has 98 valence electrons. The second kappa shape index (κ2) is 4.14. The summed E-state index contributed by atoms with van der Waals surface area (Å²) < 4.78 is 26.0. The van der Waals surface area contributed by atoms with Crippen LogP contribution < -0.4 is 5.73 Å². The summed E-state index contributed by atoms with van der Waals surface area (Å²) in [6.07, 6.45) is -1.78. The van der Waals surface area contributed by atoms with Crippen molar-refractivity contribution in [2.24, 2.45) is 5.73 Å². The van der Waals surface area contributed by atoms with Crippen molar-refractivity contribution >= 4 is 0 Å². The van der Waals surface area contributed by atoms with E-state index in [1.54, 1.807) is 6.07 Å². The highest BCUT2D eigenvalue weighted by molar-refractivity contribution is 5.77. The summed E-state index contributed by atoms with van der Waals surface area (Å²) in [5.74, 6) is 0. The van der Waals surface area contributed by atoms with Crippen LogP contribution in [-0.4, -0.2) is 6.43 Å². The molecular weight excluding hydrogens is 244 g/mol. The zero-order chi connectivity index (χ0) is 13.6. The van der Waals surface area contributed by atoms with Gasteiger partial charge in [0.2, 0.25) is 0 Å². The van der Waals surface area contributed by atoms with E-state index in [4.69, 9.17) is 5.73 Å². The largest absolute Gasteiger partial charge is 0.317 e. The molecule has 0 saturated heterocycles. The van der Waals surface area contributed by atoms with Gasteiger partial charge in [0, 0.05) is 0 Å². The standard InChI is InChI=1S/C16H15F2N/c1-16(19,15(17)18)12-6-7-14-11(9-12)8-10-4-2-3-5-13(10)14/h2-7,9,15H,8,19H2,1H3. The fraction of sp³-hybridized carbons (Fsp3) is 0.250. The van der Waals surface area contributed by atoms with E-state index in [0.717, 1.165) is 17.5 Å². The Morgan fingerprint density at radius 3 is 2.47 bits per heavy atom. The first-order valence-corrected chi connectivity index (χ1v) is 6.29. The minimum atomic E-state index is -2.57. The Morgan fingerprint density at radius 2 is 1.74 bits per heavy atom. The third-order valence-electron chi connectivity index (χ3n) is 3.87. The second-order valence-corrected chi connectivity index (χ2v) is 5.29. The number of fused-ring (bicyclic) bond motifs is 3. The van der Waals surface area contributed by atoms with Gasteiger partial charge in [0.15, 0.2) is 0 Å². The van der Waals surface area contributed by atoms with Gasteiger partial charge in [0.1, 0.15) is 0 Å². The number of hydrogen-bond donors (Lipinski definition) is 1. The quantitative estimate of drug-likeness (QED) is 0.746. The van der Waals surface area contributed by atoms with Crippen LogP contribution in [0, 0.1) is 0 Å². The molecule has 3 rings (SSSR count). The van der Waals surface area contributed by atoms with E-state index in [1.807, 2.05) is 24.3 Å². The Hall–Kier alpha value is -1.74. The maximum Gasteiger partial charge on any atom is 0.260 e. The van der Waals surface area contributed by atoms with Crippen LogP contribution in [-0.2, 0) is 12.0 Å². The fourth-order valence-corrected chi connectivity index (χ4v) is 2.61. The molecule has 0 radical (unpaired) electrons. The summed E-state index contributed by atoms with van der Waals surface area (Å²) in [5, 5.41) is 0. The molecule has 0 spiro atoms. The lowest BCUT2D eigenvalue weighted by molar-refractivity contribution is 0.0625. The maximum absolute atomic E-state index is 13.0. The topological polar surface area (TPSA) is 26.0 Å². The fourth-order valence-electron chi connectivity index (χ4n) is 2.61. The van der Waals surface area contributed by atoms with Crippen molar-refractivity contribution in [3.63, 3.8) is 0 Å². The van der Waals surface area contributed by atoms with E-state index in [1.165, 1.54) is 18.1 Å². The van der Waals surface area contributed by atoms with Gasteiger partial charge in [-0.2, -0.15) is 0 Å². The molecule has 0 aliphatic heterocycles. The lowest BCUT2D eigenvalue weighted by Gasteiger charge is -2.24. The molecule has 2 aromatic rings. The molecule has 2 aromatic carbocycles. The molecule has 3 heteroatoms. The summed E-state index contributed by atoms with van der Waals surface area (Å²) in [7, 11) is 0.